The standard InChI is InChI=1S/C17H22N4O/c1-20(2)16(11-14-7-5-4-6-8-14)17(22)21(3)13-15-12-18-9-10-19-15/h4-10,12,16H,11,13H2,1-3H3/t16-/m0/s1. The Balaban J connectivity index is 2.06. The lowest BCUT2D eigenvalue weighted by molar-refractivity contribution is -0.135. The van der Waals surface area contributed by atoms with Crippen molar-refractivity contribution in [1.82, 2.24) is 19.8 Å². The third-order valence-electron chi connectivity index (χ3n) is 3.57. The first-order valence-electron chi connectivity index (χ1n) is 7.28. The molecule has 0 N–H and O–H groups in total. The fraction of sp³-hybridized carbons (Fsp3) is 0.353. The zero-order valence-electron chi connectivity index (χ0n) is 13.3. The molecule has 0 aliphatic heterocycles. The van der Waals surface area contributed by atoms with Crippen molar-refractivity contribution in [3.05, 3.63) is 60.2 Å². The molecule has 0 bridgehead atoms. The number of hydrogen-bond donors (Lipinski definition) is 0. The molecule has 0 aliphatic rings. The highest BCUT2D eigenvalue weighted by molar-refractivity contribution is 5.81. The molecular formula is C17H22N4O. The molecule has 0 radical (unpaired) electrons. The molecule has 5 heteroatoms. The molecule has 1 aromatic carbocycles. The Morgan fingerprint density at radius 1 is 1.14 bits per heavy atom. The van der Waals surface area contributed by atoms with Crippen molar-refractivity contribution < 1.29 is 4.79 Å². The van der Waals surface area contributed by atoms with Crippen molar-refractivity contribution in [1.29, 1.82) is 0 Å². The van der Waals surface area contributed by atoms with Crippen molar-refractivity contribution >= 4 is 5.91 Å². The van der Waals surface area contributed by atoms with Crippen molar-refractivity contribution in [3.63, 3.8) is 0 Å². The lowest BCUT2D eigenvalue weighted by atomic mass is 10.0. The highest BCUT2D eigenvalue weighted by Gasteiger charge is 2.24. The third-order valence-corrected chi connectivity index (χ3v) is 3.57. The van der Waals surface area contributed by atoms with E-state index in [9.17, 15) is 4.79 Å². The summed E-state index contributed by atoms with van der Waals surface area (Å²) in [6, 6.07) is 9.88. The van der Waals surface area contributed by atoms with Gasteiger partial charge in [-0.15, -0.1) is 0 Å². The number of benzene rings is 1. The third kappa shape index (κ3) is 4.36. The lowest BCUT2D eigenvalue weighted by Gasteiger charge is -2.28. The van der Waals surface area contributed by atoms with Crippen LogP contribution < -0.4 is 0 Å². The molecular weight excluding hydrogens is 276 g/mol. The molecule has 1 amide bonds. The summed E-state index contributed by atoms with van der Waals surface area (Å²) in [5.41, 5.74) is 1.94. The summed E-state index contributed by atoms with van der Waals surface area (Å²) in [6.45, 7) is 0.464. The minimum absolute atomic E-state index is 0.0829. The normalized spacial score (nSPS) is 12.2. The fourth-order valence-corrected chi connectivity index (χ4v) is 2.32. The maximum Gasteiger partial charge on any atom is 0.240 e. The molecule has 0 saturated carbocycles. The van der Waals surface area contributed by atoms with Gasteiger partial charge in [0.25, 0.3) is 0 Å². The van der Waals surface area contributed by atoms with E-state index in [2.05, 4.69) is 9.97 Å². The highest BCUT2D eigenvalue weighted by Crippen LogP contribution is 2.10. The van der Waals surface area contributed by atoms with Gasteiger partial charge in [0.2, 0.25) is 5.91 Å². The molecule has 1 heterocycles. The molecule has 1 atom stereocenters. The Morgan fingerprint density at radius 3 is 2.45 bits per heavy atom. The largest absolute Gasteiger partial charge is 0.338 e. The van der Waals surface area contributed by atoms with Crippen molar-refractivity contribution in [2.45, 2.75) is 19.0 Å². The van der Waals surface area contributed by atoms with Crippen LogP contribution in [-0.4, -0.2) is 52.9 Å². The Kier molecular flexibility index (Phi) is 5.61. The van der Waals surface area contributed by atoms with E-state index in [-0.39, 0.29) is 11.9 Å². The van der Waals surface area contributed by atoms with Crippen molar-refractivity contribution in [2.24, 2.45) is 0 Å². The second-order valence-corrected chi connectivity index (χ2v) is 5.56. The number of amides is 1. The summed E-state index contributed by atoms with van der Waals surface area (Å²) in [4.78, 5) is 24.6. The maximum absolute atomic E-state index is 12.7. The van der Waals surface area contributed by atoms with Gasteiger partial charge in [-0.2, -0.15) is 0 Å². The van der Waals surface area contributed by atoms with Crippen molar-refractivity contribution in [2.75, 3.05) is 21.1 Å². The monoisotopic (exact) mass is 298 g/mol. The first-order chi connectivity index (χ1) is 10.6. The van der Waals surface area contributed by atoms with E-state index < -0.39 is 0 Å². The van der Waals surface area contributed by atoms with Crippen LogP contribution in [0.15, 0.2) is 48.9 Å². The Labute approximate surface area is 131 Å². The van der Waals surface area contributed by atoms with Gasteiger partial charge in [0.15, 0.2) is 0 Å². The average Bonchev–Trinajstić information content (AvgIpc) is 2.53. The van der Waals surface area contributed by atoms with Crippen molar-refractivity contribution in [3.8, 4) is 0 Å². The van der Waals surface area contributed by atoms with E-state index >= 15 is 0 Å². The van der Waals surface area contributed by atoms with E-state index in [0.717, 1.165) is 11.3 Å². The summed E-state index contributed by atoms with van der Waals surface area (Å²) >= 11 is 0. The van der Waals surface area contributed by atoms with Gasteiger partial charge in [0.05, 0.1) is 24.5 Å². The van der Waals surface area contributed by atoms with Crippen LogP contribution in [0.4, 0.5) is 0 Å². The van der Waals surface area contributed by atoms with Gasteiger partial charge in [-0.25, -0.2) is 0 Å². The number of carbonyl (C=O) groups excluding carboxylic acids is 1. The number of carbonyl (C=O) groups is 1. The number of aromatic nitrogens is 2. The predicted molar refractivity (Wildman–Crippen MR) is 86.1 cm³/mol. The summed E-state index contributed by atoms with van der Waals surface area (Å²) in [5.74, 6) is 0.0829. The quantitative estimate of drug-likeness (QED) is 0.813. The van der Waals surface area contributed by atoms with Gasteiger partial charge in [-0.3, -0.25) is 19.7 Å². The maximum atomic E-state index is 12.7. The number of likely N-dealkylation sites (N-methyl/N-ethyl adjacent to an activating group) is 2. The molecule has 1 aromatic heterocycles. The smallest absolute Gasteiger partial charge is 0.240 e. The molecule has 5 nitrogen and oxygen atoms in total. The zero-order valence-corrected chi connectivity index (χ0v) is 13.3. The number of hydrogen-bond acceptors (Lipinski definition) is 4. The molecule has 22 heavy (non-hydrogen) atoms. The van der Waals surface area contributed by atoms with E-state index in [1.165, 1.54) is 0 Å². The van der Waals surface area contributed by atoms with Crippen LogP contribution in [0.1, 0.15) is 11.3 Å². The molecule has 2 rings (SSSR count). The fourth-order valence-electron chi connectivity index (χ4n) is 2.32. The van der Waals surface area contributed by atoms with E-state index in [1.54, 1.807) is 30.5 Å². The van der Waals surface area contributed by atoms with E-state index in [4.69, 9.17) is 0 Å². The predicted octanol–water partition coefficient (Wildman–Crippen LogP) is 1.61. The van der Waals surface area contributed by atoms with Gasteiger partial charge in [0.1, 0.15) is 0 Å². The van der Waals surface area contributed by atoms with Crippen LogP contribution in [0.2, 0.25) is 0 Å². The number of rotatable bonds is 6. The van der Waals surface area contributed by atoms with E-state index in [1.807, 2.05) is 49.3 Å². The molecule has 0 aliphatic carbocycles. The highest BCUT2D eigenvalue weighted by atomic mass is 16.2. The van der Waals surface area contributed by atoms with Crippen LogP contribution in [0.3, 0.4) is 0 Å². The van der Waals surface area contributed by atoms with Crippen LogP contribution in [0, 0.1) is 0 Å². The molecule has 0 fully saturated rings. The molecule has 0 unspecified atom stereocenters. The Morgan fingerprint density at radius 2 is 1.86 bits per heavy atom. The summed E-state index contributed by atoms with van der Waals surface area (Å²) in [5, 5.41) is 0. The molecule has 116 valence electrons. The summed E-state index contributed by atoms with van der Waals surface area (Å²) < 4.78 is 0. The van der Waals surface area contributed by atoms with Crippen LogP contribution in [0.25, 0.3) is 0 Å². The Hall–Kier alpha value is -2.27. The Bertz CT molecular complexity index is 586. The molecule has 2 aromatic rings. The molecule has 0 saturated heterocycles. The zero-order chi connectivity index (χ0) is 15.9. The van der Waals surface area contributed by atoms with Crippen LogP contribution >= 0.6 is 0 Å². The van der Waals surface area contributed by atoms with Gasteiger partial charge in [-0.1, -0.05) is 30.3 Å². The van der Waals surface area contributed by atoms with Crippen LogP contribution in [-0.2, 0) is 17.8 Å². The lowest BCUT2D eigenvalue weighted by Crippen LogP contribution is -2.45. The summed E-state index contributed by atoms with van der Waals surface area (Å²) in [6.07, 6.45) is 5.65. The topological polar surface area (TPSA) is 49.3 Å². The average molecular weight is 298 g/mol. The minimum atomic E-state index is -0.191. The second kappa shape index (κ2) is 7.66. The SMILES string of the molecule is CN(Cc1cnccn1)C(=O)[C@H](Cc1ccccc1)N(C)C. The number of nitrogens with zero attached hydrogens (tertiary/aromatic N) is 4. The summed E-state index contributed by atoms with van der Waals surface area (Å²) in [7, 11) is 5.67. The van der Waals surface area contributed by atoms with E-state index in [0.29, 0.717) is 13.0 Å². The first kappa shape index (κ1) is 16.1. The van der Waals surface area contributed by atoms with Gasteiger partial charge in [0, 0.05) is 19.4 Å². The van der Waals surface area contributed by atoms with Gasteiger partial charge in [-0.05, 0) is 26.1 Å². The molecule has 0 spiro atoms. The van der Waals surface area contributed by atoms with Crippen LogP contribution in [0.5, 0.6) is 0 Å². The minimum Gasteiger partial charge on any atom is -0.338 e. The van der Waals surface area contributed by atoms with Gasteiger partial charge < -0.3 is 4.90 Å². The first-order valence-corrected chi connectivity index (χ1v) is 7.28. The second-order valence-electron chi connectivity index (χ2n) is 5.56. The van der Waals surface area contributed by atoms with Gasteiger partial charge >= 0.3 is 0 Å².